The van der Waals surface area contributed by atoms with E-state index in [0.717, 1.165) is 34.3 Å². The van der Waals surface area contributed by atoms with Crippen molar-refractivity contribution in [2.45, 2.75) is 33.4 Å². The van der Waals surface area contributed by atoms with Crippen molar-refractivity contribution in [2.24, 2.45) is 5.92 Å². The first-order chi connectivity index (χ1) is 16.0. The van der Waals surface area contributed by atoms with Crippen LogP contribution in [0.4, 0.5) is 5.69 Å². The van der Waals surface area contributed by atoms with Gasteiger partial charge in [-0.25, -0.2) is 4.68 Å². The molecular formula is C26H27N5O2. The van der Waals surface area contributed by atoms with Gasteiger partial charge in [0.2, 0.25) is 5.91 Å². The second-order valence-electron chi connectivity index (χ2n) is 8.11. The molecule has 1 heterocycles. The van der Waals surface area contributed by atoms with Gasteiger partial charge in [0.25, 0.3) is 5.91 Å². The molecule has 7 heteroatoms. The number of para-hydroxylation sites is 1. The Labute approximate surface area is 192 Å². The number of hydrogen-bond donors (Lipinski definition) is 2. The monoisotopic (exact) mass is 441 g/mol. The molecule has 1 aromatic heterocycles. The van der Waals surface area contributed by atoms with Crippen LogP contribution in [0.5, 0.6) is 0 Å². The van der Waals surface area contributed by atoms with Gasteiger partial charge >= 0.3 is 0 Å². The summed E-state index contributed by atoms with van der Waals surface area (Å²) in [6, 6.07) is 22.8. The van der Waals surface area contributed by atoms with Crippen molar-refractivity contribution in [1.82, 2.24) is 20.3 Å². The average molecular weight is 442 g/mol. The van der Waals surface area contributed by atoms with Crippen LogP contribution in [0.15, 0.2) is 72.8 Å². The number of fused-ring (bicyclic) bond motifs is 1. The molecule has 0 saturated carbocycles. The minimum Gasteiger partial charge on any atom is -0.348 e. The SMILES string of the molecule is CCC(C)C(=O)Nc1cccc(CNC(=O)c2ccc(Cn3nnc4ccccc43)cc2)c1. The highest BCUT2D eigenvalue weighted by Crippen LogP contribution is 2.15. The number of benzene rings is 3. The summed E-state index contributed by atoms with van der Waals surface area (Å²) >= 11 is 0. The van der Waals surface area contributed by atoms with Gasteiger partial charge in [-0.05, 0) is 53.9 Å². The van der Waals surface area contributed by atoms with Gasteiger partial charge < -0.3 is 10.6 Å². The van der Waals surface area contributed by atoms with E-state index in [1.54, 1.807) is 0 Å². The largest absolute Gasteiger partial charge is 0.348 e. The van der Waals surface area contributed by atoms with Crippen LogP contribution in [0.25, 0.3) is 11.0 Å². The zero-order valence-electron chi connectivity index (χ0n) is 18.8. The molecule has 0 aliphatic rings. The van der Waals surface area contributed by atoms with E-state index >= 15 is 0 Å². The average Bonchev–Trinajstić information content (AvgIpc) is 3.25. The highest BCUT2D eigenvalue weighted by molar-refractivity contribution is 5.94. The van der Waals surface area contributed by atoms with Crippen LogP contribution in [0.1, 0.15) is 41.8 Å². The highest BCUT2D eigenvalue weighted by atomic mass is 16.2. The minimum absolute atomic E-state index is 0.00216. The van der Waals surface area contributed by atoms with Gasteiger partial charge in [0.15, 0.2) is 0 Å². The fraction of sp³-hybridized carbons (Fsp3) is 0.231. The fourth-order valence-electron chi connectivity index (χ4n) is 3.46. The predicted octanol–water partition coefficient (Wildman–Crippen LogP) is 4.39. The van der Waals surface area contributed by atoms with E-state index in [1.165, 1.54) is 0 Å². The maximum Gasteiger partial charge on any atom is 0.251 e. The third kappa shape index (κ3) is 5.44. The molecule has 4 aromatic rings. The van der Waals surface area contributed by atoms with Gasteiger partial charge in [-0.1, -0.05) is 55.5 Å². The Balaban J connectivity index is 1.34. The molecule has 2 amide bonds. The van der Waals surface area contributed by atoms with Gasteiger partial charge in [-0.15, -0.1) is 5.10 Å². The van der Waals surface area contributed by atoms with Gasteiger partial charge in [-0.3, -0.25) is 9.59 Å². The molecule has 0 aliphatic carbocycles. The summed E-state index contributed by atoms with van der Waals surface area (Å²) in [6.07, 6.45) is 0.787. The van der Waals surface area contributed by atoms with Crippen LogP contribution in [-0.2, 0) is 17.9 Å². The summed E-state index contributed by atoms with van der Waals surface area (Å²) in [5.74, 6) is -0.195. The topological polar surface area (TPSA) is 88.9 Å². The molecule has 33 heavy (non-hydrogen) atoms. The number of hydrogen-bond acceptors (Lipinski definition) is 4. The molecule has 0 spiro atoms. The number of anilines is 1. The number of carbonyl (C=O) groups excluding carboxylic acids is 2. The molecule has 3 aromatic carbocycles. The Bertz CT molecular complexity index is 1260. The van der Waals surface area contributed by atoms with E-state index in [1.807, 2.05) is 91.3 Å². The Morgan fingerprint density at radius 1 is 0.970 bits per heavy atom. The third-order valence-corrected chi connectivity index (χ3v) is 5.68. The number of rotatable bonds is 8. The zero-order chi connectivity index (χ0) is 23.2. The van der Waals surface area contributed by atoms with E-state index in [9.17, 15) is 9.59 Å². The van der Waals surface area contributed by atoms with Crippen LogP contribution in [0, 0.1) is 5.92 Å². The second kappa shape index (κ2) is 10.1. The Morgan fingerprint density at radius 3 is 2.55 bits per heavy atom. The van der Waals surface area contributed by atoms with Crippen LogP contribution >= 0.6 is 0 Å². The lowest BCUT2D eigenvalue weighted by Gasteiger charge is -2.11. The molecule has 1 atom stereocenters. The number of amides is 2. The Kier molecular flexibility index (Phi) is 6.78. The van der Waals surface area contributed by atoms with Crippen LogP contribution in [0.3, 0.4) is 0 Å². The van der Waals surface area contributed by atoms with E-state index < -0.39 is 0 Å². The van der Waals surface area contributed by atoms with Gasteiger partial charge in [0.05, 0.1) is 12.1 Å². The molecular weight excluding hydrogens is 414 g/mol. The molecule has 0 aliphatic heterocycles. The lowest BCUT2D eigenvalue weighted by molar-refractivity contribution is -0.119. The first-order valence-electron chi connectivity index (χ1n) is 11.1. The summed E-state index contributed by atoms with van der Waals surface area (Å²) in [4.78, 5) is 24.7. The van der Waals surface area contributed by atoms with Gasteiger partial charge in [0.1, 0.15) is 5.52 Å². The van der Waals surface area contributed by atoms with Crippen molar-refractivity contribution in [3.8, 4) is 0 Å². The van der Waals surface area contributed by atoms with Crippen molar-refractivity contribution >= 4 is 28.5 Å². The minimum atomic E-state index is -0.151. The van der Waals surface area contributed by atoms with Crippen LogP contribution in [-0.4, -0.2) is 26.8 Å². The van der Waals surface area contributed by atoms with Gasteiger partial charge in [0, 0.05) is 23.7 Å². The summed E-state index contributed by atoms with van der Waals surface area (Å²) in [5.41, 5.74) is 5.10. The third-order valence-electron chi connectivity index (χ3n) is 5.68. The summed E-state index contributed by atoms with van der Waals surface area (Å²) in [7, 11) is 0. The Morgan fingerprint density at radius 2 is 1.76 bits per heavy atom. The quantitative estimate of drug-likeness (QED) is 0.424. The fourth-order valence-corrected chi connectivity index (χ4v) is 3.46. The normalized spacial score (nSPS) is 11.8. The second-order valence-corrected chi connectivity index (χ2v) is 8.11. The summed E-state index contributed by atoms with van der Waals surface area (Å²) < 4.78 is 1.84. The first kappa shape index (κ1) is 22.2. The molecule has 2 N–H and O–H groups in total. The maximum absolute atomic E-state index is 12.6. The van der Waals surface area contributed by atoms with Crippen molar-refractivity contribution in [2.75, 3.05) is 5.32 Å². The number of carbonyl (C=O) groups is 2. The maximum atomic E-state index is 12.6. The lowest BCUT2D eigenvalue weighted by atomic mass is 10.1. The molecule has 168 valence electrons. The summed E-state index contributed by atoms with van der Waals surface area (Å²) in [6.45, 7) is 4.84. The van der Waals surface area contributed by atoms with Crippen molar-refractivity contribution in [3.63, 3.8) is 0 Å². The Hall–Kier alpha value is -4.00. The highest BCUT2D eigenvalue weighted by Gasteiger charge is 2.11. The first-order valence-corrected chi connectivity index (χ1v) is 11.1. The molecule has 4 rings (SSSR count). The van der Waals surface area contributed by atoms with E-state index in [2.05, 4.69) is 20.9 Å². The molecule has 1 unspecified atom stereocenters. The van der Waals surface area contributed by atoms with Crippen molar-refractivity contribution in [3.05, 3.63) is 89.5 Å². The number of aromatic nitrogens is 3. The molecule has 0 radical (unpaired) electrons. The number of nitrogens with zero attached hydrogens (tertiary/aromatic N) is 3. The molecule has 0 saturated heterocycles. The summed E-state index contributed by atoms with van der Waals surface area (Å²) in [5, 5.41) is 14.2. The van der Waals surface area contributed by atoms with Crippen LogP contribution in [0.2, 0.25) is 0 Å². The lowest BCUT2D eigenvalue weighted by Crippen LogP contribution is -2.23. The van der Waals surface area contributed by atoms with Crippen molar-refractivity contribution in [1.29, 1.82) is 0 Å². The van der Waals surface area contributed by atoms with Crippen LogP contribution < -0.4 is 10.6 Å². The molecule has 7 nitrogen and oxygen atoms in total. The zero-order valence-corrected chi connectivity index (χ0v) is 18.8. The van der Waals surface area contributed by atoms with Crippen molar-refractivity contribution < 1.29 is 9.59 Å². The van der Waals surface area contributed by atoms with E-state index in [-0.39, 0.29) is 17.7 Å². The van der Waals surface area contributed by atoms with E-state index in [4.69, 9.17) is 0 Å². The smallest absolute Gasteiger partial charge is 0.251 e. The number of nitrogens with one attached hydrogen (secondary N) is 2. The predicted molar refractivity (Wildman–Crippen MR) is 129 cm³/mol. The van der Waals surface area contributed by atoms with E-state index in [0.29, 0.717) is 18.7 Å². The van der Waals surface area contributed by atoms with Gasteiger partial charge in [-0.2, -0.15) is 0 Å². The molecule has 0 fully saturated rings. The standard InChI is InChI=1S/C26H27N5O2/c1-3-18(2)25(32)28-22-8-6-7-20(15-22)16-27-26(33)21-13-11-19(12-14-21)17-31-24-10-5-4-9-23(24)29-30-31/h4-15,18H,3,16-17H2,1-2H3,(H,27,33)(H,28,32). The molecule has 0 bridgehead atoms.